The lowest BCUT2D eigenvalue weighted by molar-refractivity contribution is -0.149. The van der Waals surface area contributed by atoms with Crippen LogP contribution in [0.5, 0.6) is 0 Å². The zero-order chi connectivity index (χ0) is 43.5. The zero-order valence-electron chi connectivity index (χ0n) is 36.5. The fourth-order valence-corrected chi connectivity index (χ4v) is 9.77. The molecule has 1 N–H and O–H groups in total. The second kappa shape index (κ2) is 18.5. The van der Waals surface area contributed by atoms with Crippen LogP contribution in [0, 0.1) is 24.7 Å². The molecule has 0 spiro atoms. The van der Waals surface area contributed by atoms with Gasteiger partial charge in [-0.15, -0.1) is 0 Å². The Morgan fingerprint density at radius 3 is 2.29 bits per heavy atom. The molecule has 11 nitrogen and oxygen atoms in total. The molecule has 5 aromatic rings. The van der Waals surface area contributed by atoms with E-state index < -0.39 is 6.04 Å². The first-order chi connectivity index (χ1) is 30.0. The lowest BCUT2D eigenvalue weighted by atomic mass is 9.89. The number of benzene rings is 4. The number of aryl methyl sites for hydroxylation is 2. The van der Waals surface area contributed by atoms with E-state index in [1.165, 1.54) is 7.05 Å². The second-order valence-corrected chi connectivity index (χ2v) is 17.6. The van der Waals surface area contributed by atoms with Crippen LogP contribution in [-0.2, 0) is 21.4 Å². The van der Waals surface area contributed by atoms with Crippen molar-refractivity contribution in [2.75, 3.05) is 39.8 Å². The highest BCUT2D eigenvalue weighted by Crippen LogP contribution is 2.33. The van der Waals surface area contributed by atoms with Gasteiger partial charge in [0.1, 0.15) is 6.04 Å². The molecule has 0 radical (unpaired) electrons. The Kier molecular flexibility index (Phi) is 12.8. The van der Waals surface area contributed by atoms with Gasteiger partial charge in [0.2, 0.25) is 11.8 Å². The summed E-state index contributed by atoms with van der Waals surface area (Å²) in [6.07, 6.45) is 6.81. The first-order valence-corrected chi connectivity index (χ1v) is 22.4. The van der Waals surface area contributed by atoms with Crippen LogP contribution in [0.4, 0.5) is 0 Å². The quantitative estimate of drug-likeness (QED) is 0.0901. The van der Waals surface area contributed by atoms with Crippen LogP contribution in [0.15, 0.2) is 83.7 Å². The predicted octanol–water partition coefficient (Wildman–Crippen LogP) is 7.25. The van der Waals surface area contributed by atoms with Crippen molar-refractivity contribution in [2.24, 2.45) is 13.0 Å². The van der Waals surface area contributed by atoms with Crippen LogP contribution in [0.25, 0.3) is 21.8 Å². The minimum absolute atomic E-state index is 0.0708. The maximum atomic E-state index is 13.3. The maximum Gasteiger partial charge on any atom is 0.329 e. The van der Waals surface area contributed by atoms with Gasteiger partial charge in [-0.1, -0.05) is 66.4 Å². The molecule has 2 atom stereocenters. The average Bonchev–Trinajstić information content (AvgIpc) is 3.54. The number of carbonyl (C=O) groups is 4. The van der Waals surface area contributed by atoms with Gasteiger partial charge >= 0.3 is 5.69 Å². The Labute approximate surface area is 364 Å². The standard InChI is InChI=1S/C51H58N6O5/c1-34-11-5-6-12-40(34)49(60)52-35(2)41-20-18-38(42-13-7-8-14-43(41)42)17-16-36-24-29-55(30-25-36)28-10-9-15-48(59)56-31-26-37(27-32-56)39-19-21-44-46(33-39)53(3)51(62)57(44)45-22-23-47(58)54(4)50(45)61/h5-8,11-14,18-21,33,35-37,45H,9-10,15,22-32H2,1-4H3,(H,52,60)/t35-,45?/m1/s1. The van der Waals surface area contributed by atoms with E-state index >= 15 is 0 Å². The third-order valence-corrected chi connectivity index (χ3v) is 13.6. The molecule has 4 heterocycles. The Hall–Kier alpha value is -5.99. The van der Waals surface area contributed by atoms with Crippen molar-refractivity contribution in [1.82, 2.24) is 29.2 Å². The Bertz CT molecular complexity index is 2630. The molecule has 0 bridgehead atoms. The van der Waals surface area contributed by atoms with E-state index in [9.17, 15) is 24.0 Å². The number of hydrogen-bond acceptors (Lipinski definition) is 6. The summed E-state index contributed by atoms with van der Waals surface area (Å²) in [5, 5.41) is 5.41. The largest absolute Gasteiger partial charge is 0.345 e. The van der Waals surface area contributed by atoms with E-state index in [2.05, 4.69) is 58.5 Å². The molecular formula is C51H58N6O5. The molecule has 3 aliphatic heterocycles. The van der Waals surface area contributed by atoms with E-state index in [-0.39, 0.29) is 47.7 Å². The van der Waals surface area contributed by atoms with Crippen molar-refractivity contribution in [3.05, 3.63) is 117 Å². The average molecular weight is 835 g/mol. The number of nitrogens with one attached hydrogen (secondary N) is 1. The summed E-state index contributed by atoms with van der Waals surface area (Å²) in [6, 6.07) is 25.4. The molecule has 4 amide bonds. The van der Waals surface area contributed by atoms with E-state index in [0.29, 0.717) is 29.8 Å². The molecule has 3 fully saturated rings. The number of likely N-dealkylation sites (N-methyl/N-ethyl adjacent to an activating group) is 1. The van der Waals surface area contributed by atoms with Crippen LogP contribution in [-0.4, -0.2) is 87.2 Å². The molecule has 62 heavy (non-hydrogen) atoms. The van der Waals surface area contributed by atoms with Gasteiger partial charge in [0, 0.05) is 57.1 Å². The molecular weight excluding hydrogens is 777 g/mol. The molecule has 8 rings (SSSR count). The number of hydrogen-bond donors (Lipinski definition) is 1. The van der Waals surface area contributed by atoms with Gasteiger partial charge in [0.15, 0.2) is 0 Å². The summed E-state index contributed by atoms with van der Waals surface area (Å²) in [5.41, 5.74) is 6.11. The van der Waals surface area contributed by atoms with Crippen molar-refractivity contribution in [2.45, 2.75) is 89.6 Å². The van der Waals surface area contributed by atoms with Crippen LogP contribution >= 0.6 is 0 Å². The van der Waals surface area contributed by atoms with Crippen molar-refractivity contribution in [3.8, 4) is 11.8 Å². The summed E-state index contributed by atoms with van der Waals surface area (Å²) >= 11 is 0. The fourth-order valence-electron chi connectivity index (χ4n) is 9.77. The zero-order valence-corrected chi connectivity index (χ0v) is 36.5. The topological polar surface area (TPSA) is 117 Å². The highest BCUT2D eigenvalue weighted by Gasteiger charge is 2.35. The minimum atomic E-state index is -0.687. The number of unbranched alkanes of at least 4 members (excludes halogenated alkanes) is 1. The number of aromatic nitrogens is 2. The number of carbonyl (C=O) groups excluding carboxylic acids is 4. The fraction of sp³-hybridized carbons (Fsp3) is 0.431. The molecule has 1 unspecified atom stereocenters. The normalized spacial score (nSPS) is 18.5. The van der Waals surface area contributed by atoms with Crippen LogP contribution in [0.2, 0.25) is 0 Å². The molecule has 4 aromatic carbocycles. The molecule has 11 heteroatoms. The van der Waals surface area contributed by atoms with E-state index in [1.807, 2.05) is 61.2 Å². The maximum absolute atomic E-state index is 13.3. The van der Waals surface area contributed by atoms with Gasteiger partial charge in [0.25, 0.3) is 11.8 Å². The molecule has 3 aliphatic rings. The summed E-state index contributed by atoms with van der Waals surface area (Å²) in [4.78, 5) is 70.3. The van der Waals surface area contributed by atoms with E-state index in [1.54, 1.807) is 16.2 Å². The number of amides is 4. The van der Waals surface area contributed by atoms with E-state index in [0.717, 1.165) is 115 Å². The number of nitrogens with zero attached hydrogens (tertiary/aromatic N) is 5. The third kappa shape index (κ3) is 8.84. The SMILES string of the molecule is Cc1ccccc1C(=O)N[C@H](C)c1ccc(C#CC2CCN(CCCCC(=O)N3CCC(c4ccc5c(c4)n(C)c(=O)n5C4CCC(=O)N(C)C4=O)CC3)CC2)c2ccccc12. The highest BCUT2D eigenvalue weighted by molar-refractivity contribution is 6.00. The van der Waals surface area contributed by atoms with Gasteiger partial charge in [-0.2, -0.15) is 0 Å². The van der Waals surface area contributed by atoms with Gasteiger partial charge in [-0.25, -0.2) is 4.79 Å². The Morgan fingerprint density at radius 2 is 1.53 bits per heavy atom. The van der Waals surface area contributed by atoms with Crippen LogP contribution < -0.4 is 11.0 Å². The third-order valence-electron chi connectivity index (χ3n) is 13.6. The molecule has 1 aromatic heterocycles. The summed E-state index contributed by atoms with van der Waals surface area (Å²) < 4.78 is 3.15. The smallest absolute Gasteiger partial charge is 0.329 e. The Morgan fingerprint density at radius 1 is 0.806 bits per heavy atom. The van der Waals surface area contributed by atoms with Gasteiger partial charge in [-0.3, -0.25) is 33.2 Å². The first kappa shape index (κ1) is 42.7. The van der Waals surface area contributed by atoms with Gasteiger partial charge < -0.3 is 15.1 Å². The minimum Gasteiger partial charge on any atom is -0.345 e. The monoisotopic (exact) mass is 834 g/mol. The van der Waals surface area contributed by atoms with Crippen LogP contribution in [0.1, 0.15) is 115 Å². The number of piperidine rings is 3. The second-order valence-electron chi connectivity index (χ2n) is 17.6. The van der Waals surface area contributed by atoms with E-state index in [4.69, 9.17) is 0 Å². The van der Waals surface area contributed by atoms with Gasteiger partial charge in [-0.05, 0) is 136 Å². The summed E-state index contributed by atoms with van der Waals surface area (Å²) in [6.45, 7) is 8.46. The number of rotatable bonds is 10. The number of imidazole rings is 1. The van der Waals surface area contributed by atoms with Crippen LogP contribution in [0.3, 0.4) is 0 Å². The lowest BCUT2D eigenvalue weighted by Crippen LogP contribution is -2.45. The number of likely N-dealkylation sites (tertiary alicyclic amines) is 3. The first-order valence-electron chi connectivity index (χ1n) is 22.4. The van der Waals surface area contributed by atoms with Crippen molar-refractivity contribution >= 4 is 45.4 Å². The van der Waals surface area contributed by atoms with Crippen molar-refractivity contribution < 1.29 is 19.2 Å². The molecule has 322 valence electrons. The highest BCUT2D eigenvalue weighted by atomic mass is 16.2. The number of imide groups is 1. The summed E-state index contributed by atoms with van der Waals surface area (Å²) in [5.74, 6) is 7.33. The van der Waals surface area contributed by atoms with Gasteiger partial charge in [0.05, 0.1) is 17.1 Å². The molecule has 0 saturated carbocycles. The van der Waals surface area contributed by atoms with Crippen molar-refractivity contribution in [3.63, 3.8) is 0 Å². The Balaban J connectivity index is 0.774. The lowest BCUT2D eigenvalue weighted by Gasteiger charge is -2.32. The molecule has 3 saturated heterocycles. The van der Waals surface area contributed by atoms with Crippen molar-refractivity contribution in [1.29, 1.82) is 0 Å². The predicted molar refractivity (Wildman–Crippen MR) is 243 cm³/mol. The summed E-state index contributed by atoms with van der Waals surface area (Å²) in [7, 11) is 3.21. The molecule has 0 aliphatic carbocycles. The number of fused-ring (bicyclic) bond motifs is 2.